The van der Waals surface area contributed by atoms with Gasteiger partial charge in [0, 0.05) is 30.9 Å². The van der Waals surface area contributed by atoms with Gasteiger partial charge in [-0.3, -0.25) is 4.90 Å². The van der Waals surface area contributed by atoms with Crippen molar-refractivity contribution in [3.05, 3.63) is 23.8 Å². The fourth-order valence-corrected chi connectivity index (χ4v) is 1.91. The Bertz CT molecular complexity index is 420. The normalized spacial score (nSPS) is 14.9. The van der Waals surface area contributed by atoms with Gasteiger partial charge in [-0.1, -0.05) is 0 Å². The molecule has 0 bridgehead atoms. The van der Waals surface area contributed by atoms with Crippen LogP contribution in [0.2, 0.25) is 0 Å². The molecule has 5 nitrogen and oxygen atoms in total. The van der Waals surface area contributed by atoms with Gasteiger partial charge in [0.1, 0.15) is 5.75 Å². The maximum atomic E-state index is 11.5. The Kier molecular flexibility index (Phi) is 3.49. The molecule has 17 heavy (non-hydrogen) atoms. The summed E-state index contributed by atoms with van der Waals surface area (Å²) in [4.78, 5) is 13.2. The molecule has 1 aliphatic rings. The second-order valence-electron chi connectivity index (χ2n) is 3.81. The summed E-state index contributed by atoms with van der Waals surface area (Å²) < 4.78 is 5.47. The molecular weight excluding hydrogens is 218 g/mol. The summed E-state index contributed by atoms with van der Waals surface area (Å²) >= 11 is 0. The van der Waals surface area contributed by atoms with Crippen LogP contribution >= 0.6 is 0 Å². The number of amides is 2. The van der Waals surface area contributed by atoms with Gasteiger partial charge in [-0.2, -0.15) is 0 Å². The van der Waals surface area contributed by atoms with E-state index in [9.17, 15) is 4.79 Å². The van der Waals surface area contributed by atoms with E-state index < -0.39 is 0 Å². The third-order valence-electron chi connectivity index (χ3n) is 2.73. The highest BCUT2D eigenvalue weighted by atomic mass is 16.5. The van der Waals surface area contributed by atoms with Crippen LogP contribution in [0.15, 0.2) is 18.2 Å². The molecule has 92 valence electrons. The van der Waals surface area contributed by atoms with Crippen LogP contribution in [0.25, 0.3) is 0 Å². The van der Waals surface area contributed by atoms with Crippen molar-refractivity contribution >= 4 is 11.7 Å². The highest BCUT2D eigenvalue weighted by Crippen LogP contribution is 2.25. The van der Waals surface area contributed by atoms with Gasteiger partial charge >= 0.3 is 6.03 Å². The highest BCUT2D eigenvalue weighted by Gasteiger charge is 2.21. The lowest BCUT2D eigenvalue weighted by molar-refractivity contribution is 0.252. The van der Waals surface area contributed by atoms with Gasteiger partial charge in [0.25, 0.3) is 0 Å². The average Bonchev–Trinajstić information content (AvgIpc) is 2.76. The summed E-state index contributed by atoms with van der Waals surface area (Å²) in [7, 11) is 0. The van der Waals surface area contributed by atoms with E-state index in [2.05, 4.69) is 5.32 Å². The molecule has 0 spiro atoms. The molecule has 0 aromatic heterocycles. The Morgan fingerprint density at radius 3 is 2.94 bits per heavy atom. The number of carbonyl (C=O) groups is 1. The molecule has 1 aliphatic heterocycles. The van der Waals surface area contributed by atoms with Crippen LogP contribution in [-0.4, -0.2) is 25.7 Å². The lowest BCUT2D eigenvalue weighted by Gasteiger charge is -2.17. The minimum atomic E-state index is -0.0582. The van der Waals surface area contributed by atoms with Crippen molar-refractivity contribution in [2.45, 2.75) is 13.5 Å². The van der Waals surface area contributed by atoms with Crippen LogP contribution in [0.4, 0.5) is 10.5 Å². The van der Waals surface area contributed by atoms with E-state index in [1.807, 2.05) is 25.1 Å². The zero-order valence-corrected chi connectivity index (χ0v) is 9.90. The van der Waals surface area contributed by atoms with Crippen LogP contribution in [-0.2, 0) is 6.54 Å². The maximum Gasteiger partial charge on any atom is 0.321 e. The van der Waals surface area contributed by atoms with Crippen LogP contribution in [0, 0.1) is 0 Å². The SMILES string of the molecule is CCOc1ccc(N2CCNC2=O)cc1CN. The van der Waals surface area contributed by atoms with E-state index in [0.29, 0.717) is 26.2 Å². The number of anilines is 1. The van der Waals surface area contributed by atoms with Gasteiger partial charge < -0.3 is 15.8 Å². The van der Waals surface area contributed by atoms with Gasteiger partial charge in [-0.15, -0.1) is 0 Å². The molecule has 2 rings (SSSR count). The van der Waals surface area contributed by atoms with Gasteiger partial charge in [0.05, 0.1) is 6.61 Å². The van der Waals surface area contributed by atoms with E-state index >= 15 is 0 Å². The second kappa shape index (κ2) is 5.05. The maximum absolute atomic E-state index is 11.5. The number of nitrogens with two attached hydrogens (primary N) is 1. The number of hydrogen-bond donors (Lipinski definition) is 2. The highest BCUT2D eigenvalue weighted by molar-refractivity contribution is 5.94. The number of nitrogens with one attached hydrogen (secondary N) is 1. The van der Waals surface area contributed by atoms with Gasteiger partial charge in [0.2, 0.25) is 0 Å². The Balaban J connectivity index is 2.27. The quantitative estimate of drug-likeness (QED) is 0.820. The second-order valence-corrected chi connectivity index (χ2v) is 3.81. The number of carbonyl (C=O) groups excluding carboxylic acids is 1. The van der Waals surface area contributed by atoms with Gasteiger partial charge in [-0.25, -0.2) is 4.79 Å². The van der Waals surface area contributed by atoms with E-state index in [0.717, 1.165) is 17.0 Å². The Hall–Kier alpha value is -1.75. The van der Waals surface area contributed by atoms with Crippen molar-refractivity contribution in [2.24, 2.45) is 5.73 Å². The minimum absolute atomic E-state index is 0.0582. The summed E-state index contributed by atoms with van der Waals surface area (Å²) in [6.07, 6.45) is 0. The topological polar surface area (TPSA) is 67.6 Å². The predicted octanol–water partition coefficient (Wildman–Crippen LogP) is 1.07. The summed E-state index contributed by atoms with van der Waals surface area (Å²) in [5, 5.41) is 2.77. The van der Waals surface area contributed by atoms with Crippen molar-refractivity contribution in [3.63, 3.8) is 0 Å². The molecule has 1 fully saturated rings. The van der Waals surface area contributed by atoms with Crippen molar-refractivity contribution in [2.75, 3.05) is 24.6 Å². The van der Waals surface area contributed by atoms with Crippen LogP contribution in [0.5, 0.6) is 5.75 Å². The van der Waals surface area contributed by atoms with Crippen LogP contribution in [0.3, 0.4) is 0 Å². The van der Waals surface area contributed by atoms with E-state index in [-0.39, 0.29) is 6.03 Å². The molecule has 2 amide bonds. The predicted molar refractivity (Wildman–Crippen MR) is 66.2 cm³/mol. The number of benzene rings is 1. The smallest absolute Gasteiger partial charge is 0.321 e. The average molecular weight is 235 g/mol. The third-order valence-corrected chi connectivity index (χ3v) is 2.73. The molecule has 1 heterocycles. The van der Waals surface area contributed by atoms with Gasteiger partial charge in [-0.05, 0) is 25.1 Å². The number of urea groups is 1. The molecule has 0 aliphatic carbocycles. The first-order valence-electron chi connectivity index (χ1n) is 5.77. The number of rotatable bonds is 4. The first-order valence-corrected chi connectivity index (χ1v) is 5.77. The minimum Gasteiger partial charge on any atom is -0.494 e. The molecule has 1 saturated heterocycles. The van der Waals surface area contributed by atoms with E-state index in [1.165, 1.54) is 0 Å². The number of ether oxygens (including phenoxy) is 1. The van der Waals surface area contributed by atoms with Crippen LogP contribution < -0.4 is 20.7 Å². The fourth-order valence-electron chi connectivity index (χ4n) is 1.91. The Morgan fingerprint density at radius 1 is 1.53 bits per heavy atom. The zero-order chi connectivity index (χ0) is 12.3. The largest absolute Gasteiger partial charge is 0.494 e. The lowest BCUT2D eigenvalue weighted by atomic mass is 10.1. The van der Waals surface area contributed by atoms with E-state index in [1.54, 1.807) is 4.90 Å². The fraction of sp³-hybridized carbons (Fsp3) is 0.417. The Morgan fingerprint density at radius 2 is 2.35 bits per heavy atom. The van der Waals surface area contributed by atoms with Gasteiger partial charge in [0.15, 0.2) is 0 Å². The standard InChI is InChI=1S/C12H17N3O2/c1-2-17-11-4-3-10(7-9(11)8-13)15-6-5-14-12(15)16/h3-4,7H,2,5-6,8,13H2,1H3,(H,14,16). The molecule has 0 unspecified atom stereocenters. The third kappa shape index (κ3) is 2.34. The number of nitrogens with zero attached hydrogens (tertiary/aromatic N) is 1. The van der Waals surface area contributed by atoms with Crippen molar-refractivity contribution < 1.29 is 9.53 Å². The zero-order valence-electron chi connectivity index (χ0n) is 9.90. The molecule has 0 atom stereocenters. The van der Waals surface area contributed by atoms with E-state index in [4.69, 9.17) is 10.5 Å². The molecule has 5 heteroatoms. The summed E-state index contributed by atoms with van der Waals surface area (Å²) in [5.41, 5.74) is 7.47. The molecule has 1 aromatic rings. The van der Waals surface area contributed by atoms with Crippen molar-refractivity contribution in [3.8, 4) is 5.75 Å². The first-order chi connectivity index (χ1) is 8.26. The number of hydrogen-bond acceptors (Lipinski definition) is 3. The van der Waals surface area contributed by atoms with Crippen molar-refractivity contribution in [1.29, 1.82) is 0 Å². The molecule has 0 radical (unpaired) electrons. The summed E-state index contributed by atoms with van der Waals surface area (Å²) in [6, 6.07) is 5.61. The molecule has 0 saturated carbocycles. The first kappa shape index (κ1) is 11.7. The molecular formula is C12H17N3O2. The van der Waals surface area contributed by atoms with Crippen LogP contribution in [0.1, 0.15) is 12.5 Å². The Labute approximate surface area is 101 Å². The van der Waals surface area contributed by atoms with Crippen molar-refractivity contribution in [1.82, 2.24) is 5.32 Å². The lowest BCUT2D eigenvalue weighted by Crippen LogP contribution is -2.27. The summed E-state index contributed by atoms with van der Waals surface area (Å²) in [6.45, 7) is 4.32. The molecule has 1 aromatic carbocycles. The molecule has 3 N–H and O–H groups in total. The summed E-state index contributed by atoms with van der Waals surface area (Å²) in [5.74, 6) is 0.790. The monoisotopic (exact) mass is 235 g/mol.